The molecular weight excluding hydrogens is 512 g/mol. The van der Waals surface area contributed by atoms with Crippen LogP contribution in [-0.4, -0.2) is 36.0 Å². The van der Waals surface area contributed by atoms with Gasteiger partial charge in [-0.1, -0.05) is 60.3 Å². The number of hydrogen-bond acceptors (Lipinski definition) is 7. The molecule has 2 aliphatic rings. The van der Waals surface area contributed by atoms with Gasteiger partial charge in [0.2, 0.25) is 6.23 Å². The minimum absolute atomic E-state index is 0.00841. The molecule has 4 aromatic carbocycles. The normalized spacial score (nSPS) is 17.5. The molecule has 6 rings (SSSR count). The zero-order chi connectivity index (χ0) is 26.9. The molecule has 1 N–H and O–H groups in total. The Balaban J connectivity index is 1.38. The molecule has 0 saturated carbocycles. The van der Waals surface area contributed by atoms with Crippen LogP contribution in [0.2, 0.25) is 0 Å². The first-order valence-electron chi connectivity index (χ1n) is 12.5. The predicted molar refractivity (Wildman–Crippen MR) is 149 cm³/mol. The number of carboxylic acid groups (broad SMARTS) is 1. The van der Waals surface area contributed by atoms with Crippen LogP contribution in [0.1, 0.15) is 45.7 Å². The molecule has 0 amide bonds. The summed E-state index contributed by atoms with van der Waals surface area (Å²) in [5.74, 6) is 0.0671. The highest BCUT2D eigenvalue weighted by molar-refractivity contribution is 7.99. The summed E-state index contributed by atoms with van der Waals surface area (Å²) in [5.41, 5.74) is 3.38. The van der Waals surface area contributed by atoms with Crippen LogP contribution in [0.25, 0.3) is 0 Å². The summed E-state index contributed by atoms with van der Waals surface area (Å²) in [6.45, 7) is 0. The van der Waals surface area contributed by atoms with E-state index < -0.39 is 12.2 Å². The number of methoxy groups -OCH3 is 2. The smallest absolute Gasteiger partial charge is 0.340 e. The average molecular weight is 539 g/mol. The van der Waals surface area contributed by atoms with Crippen LogP contribution in [0, 0.1) is 0 Å². The minimum Gasteiger partial charge on any atom is -0.493 e. The van der Waals surface area contributed by atoms with Gasteiger partial charge in [0.25, 0.3) is 0 Å². The minimum atomic E-state index is -1.13. The summed E-state index contributed by atoms with van der Waals surface area (Å²) < 4.78 is 17.3. The second kappa shape index (κ2) is 10.4. The Morgan fingerprint density at radius 1 is 0.897 bits per heavy atom. The van der Waals surface area contributed by atoms with Gasteiger partial charge in [0, 0.05) is 27.3 Å². The third-order valence-electron chi connectivity index (χ3n) is 6.92. The van der Waals surface area contributed by atoms with Crippen molar-refractivity contribution in [2.75, 3.05) is 14.2 Å². The molecule has 0 fully saturated rings. The van der Waals surface area contributed by atoms with Crippen LogP contribution in [0.4, 0.5) is 0 Å². The number of hydrazone groups is 1. The van der Waals surface area contributed by atoms with E-state index >= 15 is 0 Å². The van der Waals surface area contributed by atoms with Crippen LogP contribution < -0.4 is 14.2 Å². The van der Waals surface area contributed by atoms with E-state index in [0.29, 0.717) is 23.5 Å². The fraction of sp³-hybridized carbons (Fsp3) is 0.161. The van der Waals surface area contributed by atoms with Crippen molar-refractivity contribution in [2.45, 2.75) is 28.5 Å². The zero-order valence-electron chi connectivity index (χ0n) is 21.4. The molecule has 8 heteroatoms. The van der Waals surface area contributed by atoms with Crippen molar-refractivity contribution in [3.8, 4) is 17.2 Å². The first-order chi connectivity index (χ1) is 19.1. The number of aromatic carboxylic acids is 1. The lowest BCUT2D eigenvalue weighted by molar-refractivity contribution is -0.0199. The number of para-hydroxylation sites is 1. The van der Waals surface area contributed by atoms with E-state index in [-0.39, 0.29) is 17.4 Å². The van der Waals surface area contributed by atoms with Gasteiger partial charge in [0.1, 0.15) is 11.3 Å². The molecule has 2 heterocycles. The molecule has 39 heavy (non-hydrogen) atoms. The van der Waals surface area contributed by atoms with Gasteiger partial charge in [0.05, 0.1) is 26.0 Å². The van der Waals surface area contributed by atoms with Gasteiger partial charge in [-0.05, 0) is 48.0 Å². The lowest BCUT2D eigenvalue weighted by atomic mass is 9.95. The molecule has 196 valence electrons. The van der Waals surface area contributed by atoms with Gasteiger partial charge in [-0.25, -0.2) is 9.80 Å². The number of carbonyl (C=O) groups is 1. The van der Waals surface area contributed by atoms with Crippen molar-refractivity contribution in [2.24, 2.45) is 5.10 Å². The molecule has 2 aliphatic heterocycles. The third-order valence-corrected chi connectivity index (χ3v) is 7.94. The van der Waals surface area contributed by atoms with Crippen LogP contribution in [0.3, 0.4) is 0 Å². The Bertz CT molecular complexity index is 1560. The molecule has 2 atom stereocenters. The number of ether oxygens (including phenoxy) is 3. The van der Waals surface area contributed by atoms with E-state index in [4.69, 9.17) is 19.3 Å². The topological polar surface area (TPSA) is 80.6 Å². The van der Waals surface area contributed by atoms with E-state index in [9.17, 15) is 9.90 Å². The van der Waals surface area contributed by atoms with Gasteiger partial charge in [-0.15, -0.1) is 0 Å². The molecular formula is C31H26N2O5S. The van der Waals surface area contributed by atoms with E-state index in [1.807, 2.05) is 47.5 Å². The Labute approximate surface area is 230 Å². The summed E-state index contributed by atoms with van der Waals surface area (Å²) in [6.07, 6.45) is -0.0983. The number of nitrogens with zero attached hydrogens (tertiary/aromatic N) is 2. The predicted octanol–water partition coefficient (Wildman–Crippen LogP) is 6.80. The van der Waals surface area contributed by atoms with E-state index in [2.05, 4.69) is 36.4 Å². The van der Waals surface area contributed by atoms with Crippen molar-refractivity contribution >= 4 is 23.4 Å². The van der Waals surface area contributed by atoms with Crippen molar-refractivity contribution in [3.05, 3.63) is 113 Å². The Morgan fingerprint density at radius 2 is 1.62 bits per heavy atom. The monoisotopic (exact) mass is 538 g/mol. The summed E-state index contributed by atoms with van der Waals surface area (Å²) in [7, 11) is 2.91. The highest BCUT2D eigenvalue weighted by Crippen LogP contribution is 2.49. The second-order valence-corrected chi connectivity index (χ2v) is 10.3. The fourth-order valence-corrected chi connectivity index (χ4v) is 5.96. The fourth-order valence-electron chi connectivity index (χ4n) is 5.12. The van der Waals surface area contributed by atoms with Crippen LogP contribution in [-0.2, 0) is 0 Å². The molecule has 0 aliphatic carbocycles. The highest BCUT2D eigenvalue weighted by Gasteiger charge is 2.43. The van der Waals surface area contributed by atoms with Crippen LogP contribution >= 0.6 is 11.8 Å². The molecule has 0 aromatic heterocycles. The van der Waals surface area contributed by atoms with Crippen molar-refractivity contribution in [1.29, 1.82) is 0 Å². The average Bonchev–Trinajstić information content (AvgIpc) is 3.43. The maximum atomic E-state index is 12.5. The highest BCUT2D eigenvalue weighted by atomic mass is 32.2. The van der Waals surface area contributed by atoms with Crippen LogP contribution in [0.5, 0.6) is 17.2 Å². The molecule has 0 saturated heterocycles. The molecule has 0 unspecified atom stereocenters. The first-order valence-corrected chi connectivity index (χ1v) is 13.3. The summed E-state index contributed by atoms with van der Waals surface area (Å²) >= 11 is 1.71. The largest absolute Gasteiger partial charge is 0.493 e. The molecule has 0 bridgehead atoms. The van der Waals surface area contributed by atoms with Gasteiger partial charge < -0.3 is 19.3 Å². The third kappa shape index (κ3) is 4.57. The van der Waals surface area contributed by atoms with Gasteiger partial charge in [0.15, 0.2) is 11.5 Å². The number of fused-ring (bicyclic) bond motifs is 3. The lowest BCUT2D eigenvalue weighted by Gasteiger charge is -2.38. The summed E-state index contributed by atoms with van der Waals surface area (Å²) in [4.78, 5) is 14.8. The van der Waals surface area contributed by atoms with Crippen molar-refractivity contribution < 1.29 is 24.1 Å². The van der Waals surface area contributed by atoms with E-state index in [1.54, 1.807) is 23.9 Å². The Morgan fingerprint density at radius 3 is 2.33 bits per heavy atom. The quantitative estimate of drug-likeness (QED) is 0.277. The van der Waals surface area contributed by atoms with E-state index in [0.717, 1.165) is 21.7 Å². The molecule has 0 radical (unpaired) electrons. The number of benzene rings is 4. The van der Waals surface area contributed by atoms with Gasteiger partial charge in [-0.3, -0.25) is 0 Å². The summed E-state index contributed by atoms with van der Waals surface area (Å²) in [6, 6.07) is 29.8. The zero-order valence-corrected chi connectivity index (χ0v) is 22.2. The number of carboxylic acids is 1. The maximum Gasteiger partial charge on any atom is 0.340 e. The van der Waals surface area contributed by atoms with Gasteiger partial charge >= 0.3 is 5.97 Å². The Hall–Kier alpha value is -4.43. The van der Waals surface area contributed by atoms with Crippen molar-refractivity contribution in [3.63, 3.8) is 0 Å². The molecule has 4 aromatic rings. The number of rotatable bonds is 7. The van der Waals surface area contributed by atoms with Gasteiger partial charge in [-0.2, -0.15) is 5.10 Å². The second-order valence-electron chi connectivity index (χ2n) is 9.16. The molecule has 7 nitrogen and oxygen atoms in total. The summed E-state index contributed by atoms with van der Waals surface area (Å²) in [5, 5.41) is 17.1. The first kappa shape index (κ1) is 24.9. The SMILES string of the molecule is COc1ccc([C@H]2Oc3ccccc3[C@H]3CC(c4ccc(Sc5ccccc5)cc4)=NN32)c(C(=O)O)c1OC. The Kier molecular flexibility index (Phi) is 6.62. The number of hydrogen-bond donors (Lipinski definition) is 1. The van der Waals surface area contributed by atoms with E-state index in [1.165, 1.54) is 19.1 Å². The van der Waals surface area contributed by atoms with Crippen molar-refractivity contribution in [1.82, 2.24) is 5.01 Å². The lowest BCUT2D eigenvalue weighted by Crippen LogP contribution is -2.34. The maximum absolute atomic E-state index is 12.5. The standard InChI is InChI=1S/C31H26N2O5S/c1-36-27-17-16-23(28(31(34)35)29(27)37-2)30-33-25(22-10-6-7-11-26(22)38-30)18-24(32-33)19-12-14-21(15-13-19)39-20-8-4-3-5-9-20/h3-17,25,30H,18H2,1-2H3,(H,34,35)/t25-,30-/m1/s1. The molecule has 0 spiro atoms. The van der Waals surface area contributed by atoms with Crippen LogP contribution in [0.15, 0.2) is 106 Å².